The zero-order valence-electron chi connectivity index (χ0n) is 12.7. The van der Waals surface area contributed by atoms with Gasteiger partial charge in [-0.15, -0.1) is 0 Å². The minimum atomic E-state index is -5.96. The molecule has 1 atom stereocenters. The monoisotopic (exact) mass is 401 g/mol. The largest absolute Gasteiger partial charge is 0.439 e. The molecular weight excluding hydrogens is 395 g/mol. The Bertz CT molecular complexity index is 841. The number of ether oxygens (including phenoxy) is 1. The van der Waals surface area contributed by atoms with E-state index in [0.717, 1.165) is 6.07 Å². The van der Waals surface area contributed by atoms with Crippen molar-refractivity contribution in [3.8, 4) is 5.75 Å². The number of benzene rings is 2. The first-order valence-corrected chi connectivity index (χ1v) is 6.82. The van der Waals surface area contributed by atoms with Crippen molar-refractivity contribution in [2.24, 2.45) is 0 Å². The molecule has 0 amide bonds. The molecule has 2 aromatic carbocycles. The van der Waals surface area contributed by atoms with Crippen molar-refractivity contribution < 1.29 is 49.0 Å². The van der Waals surface area contributed by atoms with Crippen molar-refractivity contribution in [1.82, 2.24) is 0 Å². The lowest BCUT2D eigenvalue weighted by molar-refractivity contribution is -0.305. The van der Waals surface area contributed by atoms with Crippen LogP contribution in [0.1, 0.15) is 15.9 Å². The van der Waals surface area contributed by atoms with Crippen LogP contribution in [0.5, 0.6) is 5.75 Å². The number of alkyl halides is 6. The summed E-state index contributed by atoms with van der Waals surface area (Å²) in [6, 6.07) is 4.48. The van der Waals surface area contributed by atoms with E-state index < -0.39 is 58.6 Å². The van der Waals surface area contributed by atoms with Crippen molar-refractivity contribution in [3.05, 3.63) is 65.0 Å². The third-order valence-electron chi connectivity index (χ3n) is 3.13. The maximum absolute atomic E-state index is 13.9. The Labute approximate surface area is 145 Å². The first kappa shape index (κ1) is 20.6. The maximum atomic E-state index is 13.9. The maximum Gasteiger partial charge on any atom is 0.439 e. The molecule has 0 aromatic heterocycles. The van der Waals surface area contributed by atoms with E-state index in [0.29, 0.717) is 24.3 Å². The Morgan fingerprint density at radius 1 is 0.963 bits per heavy atom. The van der Waals surface area contributed by atoms with E-state index >= 15 is 0 Å². The number of carbonyl (C=O) groups excluding carboxylic acids is 1. The van der Waals surface area contributed by atoms with Gasteiger partial charge in [0.2, 0.25) is 5.78 Å². The molecule has 0 saturated heterocycles. The summed E-state index contributed by atoms with van der Waals surface area (Å²) in [4.78, 5) is 12.0. The summed E-state index contributed by atoms with van der Waals surface area (Å²) >= 11 is 0. The molecule has 27 heavy (non-hydrogen) atoms. The third-order valence-corrected chi connectivity index (χ3v) is 3.13. The molecule has 11 heteroatoms. The molecule has 0 saturated carbocycles. The highest BCUT2D eigenvalue weighted by molar-refractivity contribution is 6.09. The summed E-state index contributed by atoms with van der Waals surface area (Å²) in [5.41, 5.74) is -2.17. The molecule has 2 nitrogen and oxygen atoms in total. The van der Waals surface area contributed by atoms with Gasteiger partial charge in [0.05, 0.1) is 17.2 Å². The van der Waals surface area contributed by atoms with Crippen LogP contribution in [-0.4, -0.2) is 24.2 Å². The number of hydrogen-bond acceptors (Lipinski definition) is 2. The Morgan fingerprint density at radius 2 is 1.52 bits per heavy atom. The number of carbonyl (C=O) groups is 1. The van der Waals surface area contributed by atoms with Gasteiger partial charge in [-0.2, -0.15) is 22.0 Å². The van der Waals surface area contributed by atoms with Gasteiger partial charge in [-0.05, 0) is 24.3 Å². The van der Waals surface area contributed by atoms with E-state index in [-0.39, 0.29) is 0 Å². The second-order valence-electron chi connectivity index (χ2n) is 5.04. The molecule has 1 unspecified atom stereocenters. The van der Waals surface area contributed by atoms with Crippen LogP contribution in [0, 0.1) is 23.5 Å². The fraction of sp³-hybridized carbons (Fsp3) is 0.188. The van der Waals surface area contributed by atoms with Crippen molar-refractivity contribution in [3.63, 3.8) is 0 Å². The molecule has 0 N–H and O–H groups in total. The van der Waals surface area contributed by atoms with E-state index in [1.54, 1.807) is 0 Å². The summed E-state index contributed by atoms with van der Waals surface area (Å²) in [5, 5.41) is 0. The van der Waals surface area contributed by atoms with Crippen molar-refractivity contribution in [2.75, 3.05) is 0 Å². The SMILES string of the molecule is O=C(c1ccc(OC(F)(F)C(F)C(F)(F)F)[c]c1F)c1c(F)cccc1F. The molecule has 0 aliphatic heterocycles. The van der Waals surface area contributed by atoms with Gasteiger partial charge in [-0.1, -0.05) is 6.07 Å². The summed E-state index contributed by atoms with van der Waals surface area (Å²) in [7, 11) is 0. The van der Waals surface area contributed by atoms with Crippen molar-refractivity contribution in [1.29, 1.82) is 0 Å². The minimum absolute atomic E-state index is 0.367. The van der Waals surface area contributed by atoms with Crippen LogP contribution in [0.3, 0.4) is 0 Å². The molecule has 2 aromatic rings. The standard InChI is InChI=1S/C16H6F9O2/c17-9-2-1-3-10(18)12(9)13(26)8-5-4-7(6-11(8)19)27-16(24,25)14(20)15(21,22)23/h1-5,14H. The van der Waals surface area contributed by atoms with Crippen molar-refractivity contribution >= 4 is 5.78 Å². The predicted octanol–water partition coefficient (Wildman–Crippen LogP) is 5.01. The molecule has 1 radical (unpaired) electrons. The van der Waals surface area contributed by atoms with Gasteiger partial charge in [0.15, 0.2) is 0 Å². The Kier molecular flexibility index (Phi) is 5.43. The van der Waals surface area contributed by atoms with E-state index in [9.17, 15) is 44.3 Å². The molecule has 0 heterocycles. The van der Waals surface area contributed by atoms with Crippen LogP contribution in [0.4, 0.5) is 39.5 Å². The van der Waals surface area contributed by atoms with Gasteiger partial charge in [0, 0.05) is 0 Å². The first-order chi connectivity index (χ1) is 12.3. The fourth-order valence-electron chi connectivity index (χ4n) is 1.92. The quantitative estimate of drug-likeness (QED) is 0.520. The minimum Gasteiger partial charge on any atom is -0.429 e. The fourth-order valence-corrected chi connectivity index (χ4v) is 1.92. The summed E-state index contributed by atoms with van der Waals surface area (Å²) in [6.07, 6.45) is -16.1. The highest BCUT2D eigenvalue weighted by Crippen LogP contribution is 2.36. The zero-order chi connectivity index (χ0) is 20.6. The molecule has 0 bridgehead atoms. The van der Waals surface area contributed by atoms with Gasteiger partial charge >= 0.3 is 12.3 Å². The number of hydrogen-bond donors (Lipinski definition) is 0. The van der Waals surface area contributed by atoms with Gasteiger partial charge in [0.1, 0.15) is 23.2 Å². The smallest absolute Gasteiger partial charge is 0.429 e. The number of ketones is 1. The molecule has 0 aliphatic carbocycles. The predicted molar refractivity (Wildman–Crippen MR) is 71.6 cm³/mol. The summed E-state index contributed by atoms with van der Waals surface area (Å²) in [5.74, 6) is -7.31. The Morgan fingerprint density at radius 3 is 2.00 bits per heavy atom. The van der Waals surface area contributed by atoms with E-state index in [1.807, 2.05) is 0 Å². The Hall–Kier alpha value is -2.72. The van der Waals surface area contributed by atoms with Gasteiger partial charge in [0.25, 0.3) is 6.17 Å². The zero-order valence-corrected chi connectivity index (χ0v) is 12.7. The van der Waals surface area contributed by atoms with Crippen LogP contribution in [0.25, 0.3) is 0 Å². The topological polar surface area (TPSA) is 26.3 Å². The molecule has 0 fully saturated rings. The highest BCUT2D eigenvalue weighted by Gasteiger charge is 2.59. The first-order valence-electron chi connectivity index (χ1n) is 6.82. The number of rotatable bonds is 5. The molecule has 145 valence electrons. The van der Waals surface area contributed by atoms with Gasteiger partial charge in [-0.3, -0.25) is 4.79 Å². The van der Waals surface area contributed by atoms with Gasteiger partial charge < -0.3 is 4.74 Å². The average Bonchev–Trinajstić information content (AvgIpc) is 2.52. The third kappa shape index (κ3) is 4.34. The lowest BCUT2D eigenvalue weighted by Gasteiger charge is -2.23. The second-order valence-corrected chi connectivity index (χ2v) is 5.04. The normalized spacial score (nSPS) is 13.4. The Balaban J connectivity index is 2.32. The van der Waals surface area contributed by atoms with Crippen molar-refractivity contribution in [2.45, 2.75) is 18.5 Å². The van der Waals surface area contributed by atoms with E-state index in [1.165, 1.54) is 6.07 Å². The van der Waals surface area contributed by atoms with Crippen LogP contribution in [0.2, 0.25) is 0 Å². The molecule has 0 spiro atoms. The average molecular weight is 401 g/mol. The molecule has 2 rings (SSSR count). The highest BCUT2D eigenvalue weighted by atomic mass is 19.4. The lowest BCUT2D eigenvalue weighted by Crippen LogP contribution is -2.45. The molecule has 0 aliphatic rings. The van der Waals surface area contributed by atoms with Crippen LogP contribution in [0.15, 0.2) is 30.3 Å². The van der Waals surface area contributed by atoms with Crippen LogP contribution < -0.4 is 4.74 Å². The molecular formula is C16H6F9O2. The second kappa shape index (κ2) is 7.12. The summed E-state index contributed by atoms with van der Waals surface area (Å²) in [6.45, 7) is 0. The van der Waals surface area contributed by atoms with Crippen LogP contribution in [-0.2, 0) is 0 Å². The van der Waals surface area contributed by atoms with Gasteiger partial charge in [-0.25, -0.2) is 17.6 Å². The van der Waals surface area contributed by atoms with Crippen LogP contribution >= 0.6 is 0 Å². The van der Waals surface area contributed by atoms with E-state index in [4.69, 9.17) is 0 Å². The summed E-state index contributed by atoms with van der Waals surface area (Å²) < 4.78 is 120. The lowest BCUT2D eigenvalue weighted by atomic mass is 10.0. The number of halogens is 9. The van der Waals surface area contributed by atoms with E-state index in [2.05, 4.69) is 4.74 Å².